The van der Waals surface area contributed by atoms with E-state index in [9.17, 15) is 9.59 Å². The van der Waals surface area contributed by atoms with Crippen LogP contribution in [0.25, 0.3) is 10.1 Å². The molecule has 0 unspecified atom stereocenters. The monoisotopic (exact) mass is 392 g/mol. The Morgan fingerprint density at radius 1 is 1.04 bits per heavy atom. The lowest BCUT2D eigenvalue weighted by Gasteiger charge is -2.35. The van der Waals surface area contributed by atoms with Crippen molar-refractivity contribution in [2.24, 2.45) is 5.92 Å². The second-order valence-corrected chi connectivity index (χ2v) is 8.18. The first-order valence-corrected chi connectivity index (χ1v) is 10.2. The minimum atomic E-state index is -0.0199. The van der Waals surface area contributed by atoms with E-state index >= 15 is 0 Å². The van der Waals surface area contributed by atoms with Gasteiger partial charge in [-0.25, -0.2) is 0 Å². The summed E-state index contributed by atoms with van der Waals surface area (Å²) in [6.07, 6.45) is 1.43. The van der Waals surface area contributed by atoms with E-state index in [0.717, 1.165) is 10.1 Å². The largest absolute Gasteiger partial charge is 0.378 e. The molecular weight excluding hydrogens is 372 g/mol. The smallest absolute Gasteiger partial charge is 0.265 e. The molecule has 2 saturated heterocycles. The van der Waals surface area contributed by atoms with Gasteiger partial charge in [0, 0.05) is 42.2 Å². The summed E-state index contributed by atoms with van der Waals surface area (Å²) in [5.74, 6) is 0.198. The van der Waals surface area contributed by atoms with Crippen LogP contribution in [0.1, 0.15) is 22.5 Å². The highest BCUT2D eigenvalue weighted by Crippen LogP contribution is 2.36. The van der Waals surface area contributed by atoms with Crippen molar-refractivity contribution in [3.8, 4) is 0 Å². The maximum Gasteiger partial charge on any atom is 0.265 e. The number of thiophene rings is 1. The van der Waals surface area contributed by atoms with Crippen molar-refractivity contribution in [1.82, 2.24) is 9.80 Å². The molecule has 0 saturated carbocycles. The van der Waals surface area contributed by atoms with Crippen molar-refractivity contribution >= 4 is 44.8 Å². The van der Waals surface area contributed by atoms with Gasteiger partial charge in [0.05, 0.1) is 18.2 Å². The Kier molecular flexibility index (Phi) is 5.16. The van der Waals surface area contributed by atoms with Gasteiger partial charge in [-0.15, -0.1) is 11.3 Å². The molecule has 1 aromatic heterocycles. The highest BCUT2D eigenvalue weighted by atomic mass is 35.5. The number of morpholine rings is 1. The highest BCUT2D eigenvalue weighted by molar-refractivity contribution is 7.21. The molecule has 4 rings (SSSR count). The molecule has 1 aromatic carbocycles. The number of halogens is 1. The first kappa shape index (κ1) is 17.8. The van der Waals surface area contributed by atoms with Gasteiger partial charge in [-0.05, 0) is 18.9 Å². The fourth-order valence-electron chi connectivity index (χ4n) is 3.67. The first-order valence-electron chi connectivity index (χ1n) is 8.98. The van der Waals surface area contributed by atoms with Gasteiger partial charge < -0.3 is 14.5 Å². The van der Waals surface area contributed by atoms with Crippen LogP contribution in [0, 0.1) is 5.92 Å². The molecule has 3 heterocycles. The van der Waals surface area contributed by atoms with Crippen LogP contribution in [-0.2, 0) is 9.53 Å². The topological polar surface area (TPSA) is 49.9 Å². The number of likely N-dealkylation sites (tertiary alicyclic amines) is 1. The molecule has 0 radical (unpaired) electrons. The zero-order valence-electron chi connectivity index (χ0n) is 14.4. The van der Waals surface area contributed by atoms with Crippen molar-refractivity contribution in [1.29, 1.82) is 0 Å². The van der Waals surface area contributed by atoms with Crippen molar-refractivity contribution in [2.45, 2.75) is 12.8 Å². The lowest BCUT2D eigenvalue weighted by atomic mass is 9.95. The van der Waals surface area contributed by atoms with E-state index in [1.54, 1.807) is 0 Å². The van der Waals surface area contributed by atoms with Crippen molar-refractivity contribution in [2.75, 3.05) is 39.4 Å². The number of ether oxygens (including phenoxy) is 1. The van der Waals surface area contributed by atoms with E-state index in [1.807, 2.05) is 34.1 Å². The fraction of sp³-hybridized carbons (Fsp3) is 0.474. The van der Waals surface area contributed by atoms with Gasteiger partial charge in [-0.1, -0.05) is 29.8 Å². The SMILES string of the molecule is O=C(c1sc2ccccc2c1Cl)N1CCC(C(=O)N2CCOCC2)CC1. The number of amides is 2. The molecule has 0 spiro atoms. The lowest BCUT2D eigenvalue weighted by Crippen LogP contribution is -2.47. The van der Waals surface area contributed by atoms with Gasteiger partial charge in [0.1, 0.15) is 4.88 Å². The molecule has 5 nitrogen and oxygen atoms in total. The molecule has 138 valence electrons. The summed E-state index contributed by atoms with van der Waals surface area (Å²) < 4.78 is 6.34. The van der Waals surface area contributed by atoms with Crippen LogP contribution < -0.4 is 0 Å². The average Bonchev–Trinajstić information content (AvgIpc) is 3.04. The molecule has 0 N–H and O–H groups in total. The molecule has 2 amide bonds. The normalized spacial score (nSPS) is 19.1. The number of benzene rings is 1. The molecule has 0 atom stereocenters. The van der Waals surface area contributed by atoms with Crippen LogP contribution in [0.5, 0.6) is 0 Å². The predicted molar refractivity (Wildman–Crippen MR) is 103 cm³/mol. The van der Waals surface area contributed by atoms with Crippen LogP contribution in [0.2, 0.25) is 5.02 Å². The summed E-state index contributed by atoms with van der Waals surface area (Å²) in [5.41, 5.74) is 0. The number of hydrogen-bond acceptors (Lipinski definition) is 4. The molecular formula is C19H21ClN2O3S. The maximum atomic E-state index is 12.9. The minimum absolute atomic E-state index is 0.00929. The Labute approximate surface area is 161 Å². The van der Waals surface area contributed by atoms with E-state index in [2.05, 4.69) is 0 Å². The summed E-state index contributed by atoms with van der Waals surface area (Å²) in [6, 6.07) is 7.80. The number of piperidine rings is 1. The average molecular weight is 393 g/mol. The standard InChI is InChI=1S/C19H21ClN2O3S/c20-16-14-3-1-2-4-15(14)26-17(16)19(24)21-7-5-13(6-8-21)18(23)22-9-11-25-12-10-22/h1-4,13H,5-12H2. The molecule has 26 heavy (non-hydrogen) atoms. The molecule has 0 aliphatic carbocycles. The van der Waals surface area contributed by atoms with E-state index in [1.165, 1.54) is 11.3 Å². The van der Waals surface area contributed by atoms with E-state index < -0.39 is 0 Å². The Balaban J connectivity index is 1.41. The van der Waals surface area contributed by atoms with Gasteiger partial charge in [0.25, 0.3) is 5.91 Å². The van der Waals surface area contributed by atoms with Gasteiger partial charge in [-0.2, -0.15) is 0 Å². The van der Waals surface area contributed by atoms with Gasteiger partial charge in [0.15, 0.2) is 0 Å². The third-order valence-electron chi connectivity index (χ3n) is 5.18. The number of nitrogens with zero attached hydrogens (tertiary/aromatic N) is 2. The summed E-state index contributed by atoms with van der Waals surface area (Å²) in [5, 5.41) is 1.47. The third kappa shape index (κ3) is 3.33. The quantitative estimate of drug-likeness (QED) is 0.788. The summed E-state index contributed by atoms with van der Waals surface area (Å²) in [7, 11) is 0. The summed E-state index contributed by atoms with van der Waals surface area (Å²) >= 11 is 7.89. The Morgan fingerprint density at radius 3 is 2.42 bits per heavy atom. The fourth-order valence-corrected chi connectivity index (χ4v) is 5.15. The Bertz CT molecular complexity index is 823. The predicted octanol–water partition coefficient (Wildman–Crippen LogP) is 3.27. The molecule has 2 aromatic rings. The Hall–Kier alpha value is -1.63. The van der Waals surface area contributed by atoms with Crippen LogP contribution in [0.15, 0.2) is 24.3 Å². The van der Waals surface area contributed by atoms with Gasteiger partial charge in [0.2, 0.25) is 5.91 Å². The number of carbonyl (C=O) groups is 2. The molecule has 2 fully saturated rings. The summed E-state index contributed by atoms with van der Waals surface area (Å²) in [4.78, 5) is 29.9. The number of carbonyl (C=O) groups excluding carboxylic acids is 2. The van der Waals surface area contributed by atoms with Crippen LogP contribution >= 0.6 is 22.9 Å². The van der Waals surface area contributed by atoms with Crippen LogP contribution in [0.4, 0.5) is 0 Å². The van der Waals surface area contributed by atoms with Crippen molar-refractivity contribution < 1.29 is 14.3 Å². The van der Waals surface area contributed by atoms with Gasteiger partial charge in [-0.3, -0.25) is 9.59 Å². The highest BCUT2D eigenvalue weighted by Gasteiger charge is 2.32. The zero-order chi connectivity index (χ0) is 18.1. The van der Waals surface area contributed by atoms with Crippen molar-refractivity contribution in [3.05, 3.63) is 34.2 Å². The molecule has 7 heteroatoms. The molecule has 0 bridgehead atoms. The van der Waals surface area contributed by atoms with Gasteiger partial charge >= 0.3 is 0 Å². The number of rotatable bonds is 2. The summed E-state index contributed by atoms with van der Waals surface area (Å²) in [6.45, 7) is 3.79. The van der Waals surface area contributed by atoms with Crippen LogP contribution in [0.3, 0.4) is 0 Å². The second kappa shape index (κ2) is 7.55. The third-order valence-corrected chi connectivity index (χ3v) is 6.85. The van der Waals surface area contributed by atoms with E-state index in [-0.39, 0.29) is 17.7 Å². The number of fused-ring (bicyclic) bond motifs is 1. The van der Waals surface area contributed by atoms with E-state index in [4.69, 9.17) is 16.3 Å². The van der Waals surface area contributed by atoms with Crippen LogP contribution in [-0.4, -0.2) is 61.0 Å². The molecule has 2 aliphatic heterocycles. The minimum Gasteiger partial charge on any atom is -0.378 e. The lowest BCUT2D eigenvalue weighted by molar-refractivity contribution is -0.141. The maximum absolute atomic E-state index is 12.9. The van der Waals surface area contributed by atoms with E-state index in [0.29, 0.717) is 62.1 Å². The second-order valence-electron chi connectivity index (χ2n) is 6.75. The number of hydrogen-bond donors (Lipinski definition) is 0. The molecule has 2 aliphatic rings. The van der Waals surface area contributed by atoms with Crippen molar-refractivity contribution in [3.63, 3.8) is 0 Å². The Morgan fingerprint density at radius 2 is 1.73 bits per heavy atom. The zero-order valence-corrected chi connectivity index (χ0v) is 16.0. The first-order chi connectivity index (χ1) is 12.6.